The maximum absolute atomic E-state index is 5.92. The van der Waals surface area contributed by atoms with Gasteiger partial charge in [0.2, 0.25) is 34.5 Å². The Morgan fingerprint density at radius 1 is 0.565 bits per heavy atom. The highest BCUT2D eigenvalue weighted by molar-refractivity contribution is 5.74. The lowest BCUT2D eigenvalue weighted by Crippen LogP contribution is -2.03. The number of hydrogen-bond donors (Lipinski definition) is 0. The molecule has 123 valence electrons. The number of rotatable bonds is 7. The number of ether oxygens (including phenoxy) is 6. The molecule has 0 saturated carbocycles. The van der Waals surface area contributed by atoms with Crippen LogP contribution in [0.4, 0.5) is 0 Å². The molecule has 1 radical (unpaired) electrons. The predicted molar refractivity (Wildman–Crippen MR) is 84.6 cm³/mol. The molecule has 0 aliphatic rings. The molecule has 0 bridgehead atoms. The summed E-state index contributed by atoms with van der Waals surface area (Å²) in [7, 11) is 7.54. The lowest BCUT2D eigenvalue weighted by atomic mass is 10.2. The van der Waals surface area contributed by atoms with Gasteiger partial charge in [-0.1, -0.05) is 12.1 Å². The zero-order valence-electron chi connectivity index (χ0n) is 13.8. The van der Waals surface area contributed by atoms with Gasteiger partial charge in [0.05, 0.1) is 35.5 Å². The van der Waals surface area contributed by atoms with Gasteiger partial charge in [-0.15, -0.1) is 0 Å². The normalized spacial score (nSPS) is 9.96. The summed E-state index contributed by atoms with van der Waals surface area (Å²) < 4.78 is 33.0. The van der Waals surface area contributed by atoms with Crippen LogP contribution in [0.1, 0.15) is 0 Å². The molecule has 0 heterocycles. The van der Waals surface area contributed by atoms with Crippen LogP contribution < -0.4 is 28.4 Å². The van der Waals surface area contributed by atoms with Crippen LogP contribution in [0.5, 0.6) is 40.2 Å². The Kier molecular flexibility index (Phi) is 5.41. The molecule has 6 nitrogen and oxygen atoms in total. The predicted octanol–water partition coefficient (Wildman–Crippen LogP) is 3.32. The van der Waals surface area contributed by atoms with Crippen LogP contribution in [0, 0.1) is 6.07 Å². The quantitative estimate of drug-likeness (QED) is 0.780. The third kappa shape index (κ3) is 3.06. The largest absolute Gasteiger partial charge is 0.490 e. The van der Waals surface area contributed by atoms with E-state index in [-0.39, 0.29) is 0 Å². The van der Waals surface area contributed by atoms with Crippen LogP contribution in [0.2, 0.25) is 0 Å². The summed E-state index contributed by atoms with van der Waals surface area (Å²) in [4.78, 5) is 0. The highest BCUT2D eigenvalue weighted by Crippen LogP contribution is 2.58. The molecular weight excluding hydrogens is 300 g/mol. The van der Waals surface area contributed by atoms with Crippen LogP contribution in [0.25, 0.3) is 0 Å². The molecule has 0 N–H and O–H groups in total. The molecule has 2 rings (SSSR count). The second-order valence-electron chi connectivity index (χ2n) is 4.33. The van der Waals surface area contributed by atoms with E-state index in [4.69, 9.17) is 28.4 Å². The van der Waals surface area contributed by atoms with Gasteiger partial charge in [-0.2, -0.15) is 0 Å². The molecule has 2 aromatic rings. The Morgan fingerprint density at radius 2 is 0.913 bits per heavy atom. The minimum Gasteiger partial charge on any atom is -0.490 e. The lowest BCUT2D eigenvalue weighted by Gasteiger charge is -2.21. The van der Waals surface area contributed by atoms with Gasteiger partial charge < -0.3 is 28.4 Å². The van der Waals surface area contributed by atoms with Crippen molar-refractivity contribution in [3.8, 4) is 40.2 Å². The van der Waals surface area contributed by atoms with Gasteiger partial charge in [-0.05, 0) is 18.2 Å². The van der Waals surface area contributed by atoms with E-state index >= 15 is 0 Å². The monoisotopic (exact) mass is 319 g/mol. The first-order chi connectivity index (χ1) is 11.2. The second kappa shape index (κ2) is 7.49. The molecule has 0 aliphatic carbocycles. The summed E-state index contributed by atoms with van der Waals surface area (Å²) in [6, 6.07) is 9.94. The van der Waals surface area contributed by atoms with Crippen molar-refractivity contribution in [1.29, 1.82) is 0 Å². The number of benzene rings is 2. The van der Waals surface area contributed by atoms with Gasteiger partial charge >= 0.3 is 0 Å². The summed E-state index contributed by atoms with van der Waals surface area (Å²) in [5, 5.41) is 0. The fourth-order valence-electron chi connectivity index (χ4n) is 2.20. The second-order valence-corrected chi connectivity index (χ2v) is 4.33. The zero-order chi connectivity index (χ0) is 16.8. The Bertz CT molecular complexity index is 621. The van der Waals surface area contributed by atoms with E-state index in [2.05, 4.69) is 6.07 Å². The van der Waals surface area contributed by atoms with Gasteiger partial charge in [-0.25, -0.2) is 0 Å². The van der Waals surface area contributed by atoms with E-state index in [1.54, 1.807) is 24.3 Å². The molecule has 6 heteroatoms. The number of methoxy groups -OCH3 is 5. The fraction of sp³-hybridized carbons (Fsp3) is 0.294. The van der Waals surface area contributed by atoms with Crippen molar-refractivity contribution >= 4 is 0 Å². The lowest BCUT2D eigenvalue weighted by molar-refractivity contribution is 0.275. The Hall–Kier alpha value is -2.76. The molecule has 0 atom stereocenters. The van der Waals surface area contributed by atoms with E-state index in [0.29, 0.717) is 40.2 Å². The van der Waals surface area contributed by atoms with Crippen molar-refractivity contribution in [2.24, 2.45) is 0 Å². The number of hydrogen-bond acceptors (Lipinski definition) is 6. The van der Waals surface area contributed by atoms with E-state index in [1.807, 2.05) is 0 Å². The Morgan fingerprint density at radius 3 is 1.26 bits per heavy atom. The zero-order valence-corrected chi connectivity index (χ0v) is 13.8. The summed E-state index contributed by atoms with van der Waals surface area (Å²) in [5.41, 5.74) is 0. The molecular formula is C17H19O6. The molecule has 0 saturated heterocycles. The van der Waals surface area contributed by atoms with E-state index in [9.17, 15) is 0 Å². The minimum absolute atomic E-state index is 0.329. The molecule has 0 aliphatic heterocycles. The smallest absolute Gasteiger partial charge is 0.219 e. The van der Waals surface area contributed by atoms with E-state index in [0.717, 1.165) is 0 Å². The summed E-state index contributed by atoms with van der Waals surface area (Å²) in [6.07, 6.45) is 0. The fourth-order valence-corrected chi connectivity index (χ4v) is 2.20. The maximum Gasteiger partial charge on any atom is 0.219 e. The van der Waals surface area contributed by atoms with Crippen molar-refractivity contribution < 1.29 is 28.4 Å². The van der Waals surface area contributed by atoms with Crippen LogP contribution in [0.15, 0.2) is 24.3 Å². The van der Waals surface area contributed by atoms with Crippen LogP contribution in [0.3, 0.4) is 0 Å². The van der Waals surface area contributed by atoms with Gasteiger partial charge in [0, 0.05) is 0 Å². The minimum atomic E-state index is 0.329. The third-order valence-corrected chi connectivity index (χ3v) is 3.17. The Balaban J connectivity index is 2.71. The Labute approximate surface area is 135 Å². The van der Waals surface area contributed by atoms with Gasteiger partial charge in [0.25, 0.3) is 0 Å². The molecule has 0 amide bonds. The van der Waals surface area contributed by atoms with Crippen LogP contribution >= 0.6 is 0 Å². The highest BCUT2D eigenvalue weighted by atomic mass is 16.6. The average molecular weight is 319 g/mol. The van der Waals surface area contributed by atoms with Crippen LogP contribution in [-0.2, 0) is 0 Å². The van der Waals surface area contributed by atoms with Crippen molar-refractivity contribution in [3.63, 3.8) is 0 Å². The third-order valence-electron chi connectivity index (χ3n) is 3.17. The SMILES string of the molecule is COc1c(OC)c(OC)c(Oc2cc[c]cc2)c(OC)c1OC. The van der Waals surface area contributed by atoms with Crippen molar-refractivity contribution in [3.05, 3.63) is 30.3 Å². The first-order valence-electron chi connectivity index (χ1n) is 6.79. The maximum atomic E-state index is 5.92. The topological polar surface area (TPSA) is 55.4 Å². The standard InChI is InChI=1S/C17H19O6/c1-18-12-13(19-2)15(21-4)17(16(22-5)14(12)20-3)23-11-9-7-6-8-10-11/h7-10H,1-5H3. The molecule has 2 aromatic carbocycles. The summed E-state index contributed by atoms with van der Waals surface area (Å²) in [6.45, 7) is 0. The average Bonchev–Trinajstić information content (AvgIpc) is 2.60. The first-order valence-corrected chi connectivity index (χ1v) is 6.79. The van der Waals surface area contributed by atoms with Gasteiger partial charge in [-0.3, -0.25) is 0 Å². The van der Waals surface area contributed by atoms with Crippen molar-refractivity contribution in [2.75, 3.05) is 35.5 Å². The van der Waals surface area contributed by atoms with E-state index in [1.165, 1.54) is 35.5 Å². The first kappa shape index (κ1) is 16.6. The van der Waals surface area contributed by atoms with Gasteiger partial charge in [0.1, 0.15) is 5.75 Å². The molecule has 0 unspecified atom stereocenters. The highest BCUT2D eigenvalue weighted by Gasteiger charge is 2.30. The van der Waals surface area contributed by atoms with Crippen LogP contribution in [-0.4, -0.2) is 35.5 Å². The molecule has 0 aromatic heterocycles. The molecule has 0 fully saturated rings. The molecule has 0 spiro atoms. The summed E-state index contributed by atoms with van der Waals surface area (Å²) >= 11 is 0. The van der Waals surface area contributed by atoms with Gasteiger partial charge in [0.15, 0.2) is 0 Å². The van der Waals surface area contributed by atoms with Crippen molar-refractivity contribution in [2.45, 2.75) is 0 Å². The molecule has 23 heavy (non-hydrogen) atoms. The van der Waals surface area contributed by atoms with Crippen molar-refractivity contribution in [1.82, 2.24) is 0 Å². The van der Waals surface area contributed by atoms with E-state index < -0.39 is 0 Å². The summed E-state index contributed by atoms with van der Waals surface area (Å²) in [5.74, 6) is 2.67.